The molecule has 1 rings (SSSR count). The van der Waals surface area contributed by atoms with Gasteiger partial charge in [-0.25, -0.2) is 4.98 Å². The molecule has 0 fully saturated rings. The third-order valence-corrected chi connectivity index (χ3v) is 4.24. The topological polar surface area (TPSA) is 65.5 Å². The van der Waals surface area contributed by atoms with Crippen LogP contribution in [0.15, 0.2) is 18.3 Å². The van der Waals surface area contributed by atoms with Gasteiger partial charge in [0, 0.05) is 27.2 Å². The second-order valence-corrected chi connectivity index (χ2v) is 6.67. The summed E-state index contributed by atoms with van der Waals surface area (Å²) in [6.45, 7) is 6.15. The van der Waals surface area contributed by atoms with Crippen molar-refractivity contribution in [2.24, 2.45) is 0 Å². The number of pyridine rings is 1. The zero-order valence-electron chi connectivity index (χ0n) is 12.6. The normalized spacial score (nSPS) is 11.7. The highest BCUT2D eigenvalue weighted by molar-refractivity contribution is 7.90. The molecule has 114 valence electrons. The highest BCUT2D eigenvalue weighted by Gasteiger charge is 2.13. The quantitative estimate of drug-likeness (QED) is 0.796. The van der Waals surface area contributed by atoms with Gasteiger partial charge in [0.15, 0.2) is 0 Å². The van der Waals surface area contributed by atoms with E-state index < -0.39 is 10.2 Å². The molecule has 1 N–H and O–H groups in total. The predicted molar refractivity (Wildman–Crippen MR) is 83.3 cm³/mol. The van der Waals surface area contributed by atoms with E-state index in [1.54, 1.807) is 12.3 Å². The van der Waals surface area contributed by atoms with Crippen molar-refractivity contribution in [2.75, 3.05) is 36.8 Å². The molecule has 0 saturated heterocycles. The number of nitrogens with one attached hydrogen (secondary N) is 1. The van der Waals surface area contributed by atoms with Crippen molar-refractivity contribution >= 4 is 21.7 Å². The number of nitrogens with zero attached hydrogens (tertiary/aromatic N) is 3. The average molecular weight is 300 g/mol. The first-order valence-corrected chi connectivity index (χ1v) is 8.26. The Morgan fingerprint density at radius 3 is 2.15 bits per heavy atom. The van der Waals surface area contributed by atoms with Crippen molar-refractivity contribution in [2.45, 2.75) is 26.7 Å². The monoisotopic (exact) mass is 300 g/mol. The van der Waals surface area contributed by atoms with Crippen LogP contribution in [0.3, 0.4) is 0 Å². The highest BCUT2D eigenvalue weighted by Crippen LogP contribution is 2.16. The second-order valence-electron chi connectivity index (χ2n) is 4.78. The highest BCUT2D eigenvalue weighted by atomic mass is 32.2. The number of aromatic nitrogens is 1. The van der Waals surface area contributed by atoms with Crippen molar-refractivity contribution in [1.82, 2.24) is 9.29 Å². The van der Waals surface area contributed by atoms with Gasteiger partial charge in [0.1, 0.15) is 5.82 Å². The first-order valence-electron chi connectivity index (χ1n) is 6.82. The van der Waals surface area contributed by atoms with Crippen LogP contribution in [0.2, 0.25) is 0 Å². The molecule has 0 atom stereocenters. The molecule has 0 aliphatic carbocycles. The largest absolute Gasteiger partial charge is 0.357 e. The zero-order valence-corrected chi connectivity index (χ0v) is 13.4. The van der Waals surface area contributed by atoms with Crippen molar-refractivity contribution in [3.63, 3.8) is 0 Å². The van der Waals surface area contributed by atoms with E-state index in [-0.39, 0.29) is 0 Å². The number of anilines is 2. The molecule has 0 bridgehead atoms. The molecule has 0 radical (unpaired) electrons. The maximum atomic E-state index is 11.7. The van der Waals surface area contributed by atoms with Crippen LogP contribution >= 0.6 is 0 Å². The van der Waals surface area contributed by atoms with Crippen LogP contribution < -0.4 is 9.62 Å². The summed E-state index contributed by atoms with van der Waals surface area (Å²) in [5.41, 5.74) is 0.468. The Morgan fingerprint density at radius 1 is 1.15 bits per heavy atom. The minimum atomic E-state index is -3.48. The minimum absolute atomic E-state index is 0.468. The maximum Gasteiger partial charge on any atom is 0.301 e. The number of rotatable bonds is 8. The molecule has 1 aromatic heterocycles. The Kier molecular flexibility index (Phi) is 6.22. The SMILES string of the molecule is CCCN(CCC)c1ccc(NS(=O)(=O)N(C)C)cn1. The molecule has 0 aromatic carbocycles. The third-order valence-electron chi connectivity index (χ3n) is 2.79. The van der Waals surface area contributed by atoms with E-state index in [1.165, 1.54) is 14.1 Å². The summed E-state index contributed by atoms with van der Waals surface area (Å²) in [6, 6.07) is 3.58. The Bertz CT molecular complexity index is 494. The maximum absolute atomic E-state index is 11.7. The van der Waals surface area contributed by atoms with Gasteiger partial charge in [-0.05, 0) is 25.0 Å². The van der Waals surface area contributed by atoms with E-state index in [1.807, 2.05) is 6.07 Å². The molecule has 1 heterocycles. The Morgan fingerprint density at radius 2 is 1.75 bits per heavy atom. The van der Waals surface area contributed by atoms with Crippen LogP contribution in [0.5, 0.6) is 0 Å². The van der Waals surface area contributed by atoms with Crippen LogP contribution in [0.4, 0.5) is 11.5 Å². The number of hydrogen-bond acceptors (Lipinski definition) is 4. The molecule has 0 unspecified atom stereocenters. The average Bonchev–Trinajstić information content (AvgIpc) is 2.39. The van der Waals surface area contributed by atoms with Crippen molar-refractivity contribution in [3.05, 3.63) is 18.3 Å². The summed E-state index contributed by atoms with van der Waals surface area (Å²) in [4.78, 5) is 6.54. The van der Waals surface area contributed by atoms with Crippen LogP contribution in [0.25, 0.3) is 0 Å². The summed E-state index contributed by atoms with van der Waals surface area (Å²) in [6.07, 6.45) is 3.65. The molecule has 6 nitrogen and oxygen atoms in total. The third kappa shape index (κ3) is 4.64. The van der Waals surface area contributed by atoms with Gasteiger partial charge >= 0.3 is 10.2 Å². The Balaban J connectivity index is 2.82. The molecule has 0 spiro atoms. The molecule has 20 heavy (non-hydrogen) atoms. The fourth-order valence-electron chi connectivity index (χ4n) is 1.75. The lowest BCUT2D eigenvalue weighted by atomic mass is 10.3. The van der Waals surface area contributed by atoms with Crippen LogP contribution in [-0.2, 0) is 10.2 Å². The van der Waals surface area contributed by atoms with E-state index in [0.29, 0.717) is 5.69 Å². The molecule has 0 aliphatic rings. The molecule has 0 amide bonds. The summed E-state index contributed by atoms with van der Waals surface area (Å²) in [5.74, 6) is 0.876. The molecule has 0 saturated carbocycles. The second kappa shape index (κ2) is 7.44. The van der Waals surface area contributed by atoms with Gasteiger partial charge in [0.25, 0.3) is 0 Å². The summed E-state index contributed by atoms with van der Waals surface area (Å²) in [5, 5.41) is 0. The van der Waals surface area contributed by atoms with Gasteiger partial charge in [0.2, 0.25) is 0 Å². The molecule has 0 aliphatic heterocycles. The van der Waals surface area contributed by atoms with Crippen molar-refractivity contribution in [3.8, 4) is 0 Å². The van der Waals surface area contributed by atoms with Gasteiger partial charge in [-0.1, -0.05) is 13.8 Å². The standard InChI is InChI=1S/C13H24N4O2S/c1-5-9-17(10-6-2)13-8-7-12(11-14-13)15-20(18,19)16(3)4/h7-8,11,15H,5-6,9-10H2,1-4H3. The zero-order chi connectivity index (χ0) is 15.2. The van der Waals surface area contributed by atoms with E-state index >= 15 is 0 Å². The van der Waals surface area contributed by atoms with E-state index in [4.69, 9.17) is 0 Å². The summed E-state index contributed by atoms with van der Waals surface area (Å²) in [7, 11) is -0.514. The molecular formula is C13H24N4O2S. The van der Waals surface area contributed by atoms with Gasteiger partial charge in [0.05, 0.1) is 11.9 Å². The predicted octanol–water partition coefficient (Wildman–Crippen LogP) is 1.93. The van der Waals surface area contributed by atoms with Crippen molar-refractivity contribution in [1.29, 1.82) is 0 Å². The lowest BCUT2D eigenvalue weighted by molar-refractivity contribution is 0.527. The van der Waals surface area contributed by atoms with Crippen molar-refractivity contribution < 1.29 is 8.42 Å². The smallest absolute Gasteiger partial charge is 0.301 e. The van der Waals surface area contributed by atoms with Crippen LogP contribution in [-0.4, -0.2) is 44.9 Å². The fraction of sp³-hybridized carbons (Fsp3) is 0.615. The van der Waals surface area contributed by atoms with Gasteiger partial charge in [-0.2, -0.15) is 12.7 Å². The lowest BCUT2D eigenvalue weighted by Crippen LogP contribution is -2.29. The minimum Gasteiger partial charge on any atom is -0.357 e. The first-order chi connectivity index (χ1) is 9.40. The Hall–Kier alpha value is -1.34. The van der Waals surface area contributed by atoms with E-state index in [0.717, 1.165) is 36.1 Å². The van der Waals surface area contributed by atoms with Gasteiger partial charge in [-0.15, -0.1) is 0 Å². The number of hydrogen-bond donors (Lipinski definition) is 1. The van der Waals surface area contributed by atoms with Crippen LogP contribution in [0.1, 0.15) is 26.7 Å². The summed E-state index contributed by atoms with van der Waals surface area (Å²) < 4.78 is 27.0. The fourth-order valence-corrected chi connectivity index (χ4v) is 2.36. The van der Waals surface area contributed by atoms with E-state index in [2.05, 4.69) is 28.5 Å². The van der Waals surface area contributed by atoms with Crippen LogP contribution in [0, 0.1) is 0 Å². The van der Waals surface area contributed by atoms with Gasteiger partial charge < -0.3 is 4.90 Å². The Labute approximate surface area is 122 Å². The lowest BCUT2D eigenvalue weighted by Gasteiger charge is -2.22. The summed E-state index contributed by atoms with van der Waals surface area (Å²) >= 11 is 0. The van der Waals surface area contributed by atoms with Gasteiger partial charge in [-0.3, -0.25) is 4.72 Å². The molecule has 7 heteroatoms. The molecular weight excluding hydrogens is 276 g/mol. The first kappa shape index (κ1) is 16.7. The van der Waals surface area contributed by atoms with E-state index in [9.17, 15) is 8.42 Å². The molecule has 1 aromatic rings.